The van der Waals surface area contributed by atoms with E-state index in [2.05, 4.69) is 4.74 Å². The summed E-state index contributed by atoms with van der Waals surface area (Å²) in [7, 11) is 0. The van der Waals surface area contributed by atoms with Crippen LogP contribution in [0.3, 0.4) is 0 Å². The summed E-state index contributed by atoms with van der Waals surface area (Å²) >= 11 is 0. The molecule has 96 valence electrons. The van der Waals surface area contributed by atoms with E-state index < -0.39 is 11.8 Å². The van der Waals surface area contributed by atoms with E-state index in [4.69, 9.17) is 15.3 Å². The van der Waals surface area contributed by atoms with Crippen molar-refractivity contribution < 1.29 is 24.9 Å². The predicted molar refractivity (Wildman–Crippen MR) is 62.2 cm³/mol. The summed E-state index contributed by atoms with van der Waals surface area (Å²) in [5.74, 6) is -2.99. The number of ketones is 1. The van der Waals surface area contributed by atoms with Gasteiger partial charge in [0.05, 0.1) is 6.61 Å². The van der Waals surface area contributed by atoms with Gasteiger partial charge in [-0.05, 0) is 19.1 Å². The molecule has 0 aliphatic heterocycles. The van der Waals surface area contributed by atoms with Gasteiger partial charge in [-0.2, -0.15) is 0 Å². The molecule has 0 saturated heterocycles. The van der Waals surface area contributed by atoms with E-state index in [1.54, 1.807) is 31.2 Å². The van der Waals surface area contributed by atoms with Gasteiger partial charge in [0.2, 0.25) is 5.78 Å². The average Bonchev–Trinajstić information content (AvgIpc) is 2.29. The third-order valence-electron chi connectivity index (χ3n) is 1.79. The van der Waals surface area contributed by atoms with Gasteiger partial charge in [-0.25, -0.2) is 0 Å². The molecule has 1 rings (SSSR count). The molecule has 0 amide bonds. The average molecular weight is 242 g/mol. The Kier molecular flexibility index (Phi) is 7.13. The number of rotatable bonds is 4. The Bertz CT molecular complexity index is 321. The van der Waals surface area contributed by atoms with Crippen LogP contribution in [0.25, 0.3) is 0 Å². The van der Waals surface area contributed by atoms with Gasteiger partial charge in [0, 0.05) is 6.42 Å². The maximum Gasteiger partial charge on any atom is 0.341 e. The number of hydrogen-bond donors (Lipinski definition) is 3. The third kappa shape index (κ3) is 6.68. The van der Waals surface area contributed by atoms with Crippen LogP contribution in [0.2, 0.25) is 0 Å². The van der Waals surface area contributed by atoms with Crippen molar-refractivity contribution in [1.29, 1.82) is 0 Å². The molecule has 1 aromatic carbocycles. The van der Waals surface area contributed by atoms with Crippen molar-refractivity contribution in [2.75, 3.05) is 6.61 Å². The SMILES string of the molecule is CCOC(O)(O)C(=O)CC.Oc1ccccc1. The summed E-state index contributed by atoms with van der Waals surface area (Å²) in [5, 5.41) is 26.2. The number of carbonyl (C=O) groups is 1. The van der Waals surface area contributed by atoms with Crippen molar-refractivity contribution in [3.05, 3.63) is 30.3 Å². The maximum absolute atomic E-state index is 10.6. The lowest BCUT2D eigenvalue weighted by molar-refractivity contribution is -0.309. The first-order valence-electron chi connectivity index (χ1n) is 5.30. The molecule has 0 unspecified atom stereocenters. The largest absolute Gasteiger partial charge is 0.508 e. The Morgan fingerprint density at radius 1 is 1.24 bits per heavy atom. The van der Waals surface area contributed by atoms with Gasteiger partial charge in [-0.3, -0.25) is 4.79 Å². The first-order chi connectivity index (χ1) is 7.94. The number of benzene rings is 1. The Morgan fingerprint density at radius 3 is 2.06 bits per heavy atom. The summed E-state index contributed by atoms with van der Waals surface area (Å²) in [4.78, 5) is 10.6. The van der Waals surface area contributed by atoms with Crippen LogP contribution in [0.5, 0.6) is 5.75 Å². The summed E-state index contributed by atoms with van der Waals surface area (Å²) in [6.45, 7) is 3.20. The molecule has 0 radical (unpaired) electrons. The van der Waals surface area contributed by atoms with Crippen molar-refractivity contribution in [2.24, 2.45) is 0 Å². The van der Waals surface area contributed by atoms with Crippen molar-refractivity contribution >= 4 is 5.78 Å². The molecule has 0 heterocycles. The van der Waals surface area contributed by atoms with Crippen LogP contribution < -0.4 is 0 Å². The molecule has 0 aliphatic rings. The zero-order valence-electron chi connectivity index (χ0n) is 9.96. The number of para-hydroxylation sites is 1. The van der Waals surface area contributed by atoms with Gasteiger partial charge in [0.1, 0.15) is 5.75 Å². The summed E-state index contributed by atoms with van der Waals surface area (Å²) in [6, 6.07) is 8.71. The standard InChI is InChI=1S/C6H12O4.C6H6O/c1-3-5(7)6(8,9)10-4-2;7-6-4-2-1-3-5-6/h8-9H,3-4H2,1-2H3;1-5,7H. The monoisotopic (exact) mass is 242 g/mol. The second kappa shape index (κ2) is 7.78. The van der Waals surface area contributed by atoms with Gasteiger partial charge in [-0.15, -0.1) is 0 Å². The molecule has 5 nitrogen and oxygen atoms in total. The van der Waals surface area contributed by atoms with Crippen LogP contribution in [0.15, 0.2) is 30.3 Å². The molecule has 1 aromatic rings. The van der Waals surface area contributed by atoms with Gasteiger partial charge in [-0.1, -0.05) is 25.1 Å². The van der Waals surface area contributed by atoms with E-state index in [0.717, 1.165) is 0 Å². The first-order valence-corrected chi connectivity index (χ1v) is 5.30. The molecule has 0 aliphatic carbocycles. The second-order valence-electron chi connectivity index (χ2n) is 3.15. The lowest BCUT2D eigenvalue weighted by atomic mass is 10.3. The third-order valence-corrected chi connectivity index (χ3v) is 1.79. The number of aromatic hydroxyl groups is 1. The fourth-order valence-electron chi connectivity index (χ4n) is 0.940. The number of carbonyl (C=O) groups excluding carboxylic acids is 1. The van der Waals surface area contributed by atoms with Crippen molar-refractivity contribution in [3.63, 3.8) is 0 Å². The quantitative estimate of drug-likeness (QED) is 0.686. The molecule has 0 fully saturated rings. The van der Waals surface area contributed by atoms with E-state index in [0.29, 0.717) is 5.75 Å². The number of ether oxygens (including phenoxy) is 1. The maximum atomic E-state index is 10.6. The van der Waals surface area contributed by atoms with Gasteiger partial charge in [0.15, 0.2) is 0 Å². The van der Waals surface area contributed by atoms with Crippen LogP contribution in [-0.4, -0.2) is 33.7 Å². The summed E-state index contributed by atoms with van der Waals surface area (Å²) in [5.41, 5.74) is 0. The van der Waals surface area contributed by atoms with Crippen molar-refractivity contribution in [2.45, 2.75) is 26.2 Å². The Balaban J connectivity index is 0.000000318. The van der Waals surface area contributed by atoms with Crippen LogP contribution >= 0.6 is 0 Å². The zero-order chi connectivity index (χ0) is 13.3. The smallest absolute Gasteiger partial charge is 0.341 e. The fourth-order valence-corrected chi connectivity index (χ4v) is 0.940. The normalized spacial score (nSPS) is 10.4. The number of phenolic OH excluding ortho intramolecular Hbond substituents is 1. The molecule has 0 spiro atoms. The van der Waals surface area contributed by atoms with Crippen LogP contribution in [0, 0.1) is 0 Å². The lowest BCUT2D eigenvalue weighted by Crippen LogP contribution is -2.40. The molecule has 3 N–H and O–H groups in total. The van der Waals surface area contributed by atoms with Gasteiger partial charge in [0.25, 0.3) is 0 Å². The van der Waals surface area contributed by atoms with Crippen molar-refractivity contribution in [1.82, 2.24) is 0 Å². The van der Waals surface area contributed by atoms with E-state index in [-0.39, 0.29) is 13.0 Å². The minimum absolute atomic E-state index is 0.0486. The molecule has 0 saturated carbocycles. The lowest BCUT2D eigenvalue weighted by Gasteiger charge is -2.17. The number of aliphatic hydroxyl groups is 2. The Labute approximate surface area is 100 Å². The molecular weight excluding hydrogens is 224 g/mol. The highest BCUT2D eigenvalue weighted by molar-refractivity contribution is 5.83. The van der Waals surface area contributed by atoms with E-state index >= 15 is 0 Å². The number of Topliss-reactive ketones (excluding diaryl/α,β-unsaturated/α-hetero) is 1. The van der Waals surface area contributed by atoms with Crippen LogP contribution in [-0.2, 0) is 9.53 Å². The van der Waals surface area contributed by atoms with Gasteiger partial charge < -0.3 is 20.1 Å². The van der Waals surface area contributed by atoms with E-state index in [9.17, 15) is 4.79 Å². The zero-order valence-corrected chi connectivity index (χ0v) is 9.96. The highest BCUT2D eigenvalue weighted by Crippen LogP contribution is 2.05. The topological polar surface area (TPSA) is 87.0 Å². The minimum Gasteiger partial charge on any atom is -0.508 e. The van der Waals surface area contributed by atoms with Gasteiger partial charge >= 0.3 is 5.97 Å². The highest BCUT2D eigenvalue weighted by atomic mass is 16.8. The molecular formula is C12H18O5. The molecule has 17 heavy (non-hydrogen) atoms. The molecule has 5 heteroatoms. The summed E-state index contributed by atoms with van der Waals surface area (Å²) < 4.78 is 4.34. The molecule has 0 atom stereocenters. The van der Waals surface area contributed by atoms with Crippen LogP contribution in [0.4, 0.5) is 0 Å². The minimum atomic E-state index is -2.58. The Morgan fingerprint density at radius 2 is 1.76 bits per heavy atom. The Hall–Kier alpha value is -1.43. The predicted octanol–water partition coefficient (Wildman–Crippen LogP) is 1.03. The second-order valence-corrected chi connectivity index (χ2v) is 3.15. The number of phenols is 1. The van der Waals surface area contributed by atoms with E-state index in [1.165, 1.54) is 6.92 Å². The fraction of sp³-hybridized carbons (Fsp3) is 0.417. The van der Waals surface area contributed by atoms with Crippen LogP contribution in [0.1, 0.15) is 20.3 Å². The molecule has 0 bridgehead atoms. The first kappa shape index (κ1) is 15.6. The van der Waals surface area contributed by atoms with E-state index in [1.807, 2.05) is 6.07 Å². The summed E-state index contributed by atoms with van der Waals surface area (Å²) in [6.07, 6.45) is 0.0486. The van der Waals surface area contributed by atoms with Crippen molar-refractivity contribution in [3.8, 4) is 5.75 Å². The molecule has 0 aromatic heterocycles. The highest BCUT2D eigenvalue weighted by Gasteiger charge is 2.31. The number of hydrogen-bond acceptors (Lipinski definition) is 5.